The van der Waals surface area contributed by atoms with Crippen LogP contribution in [0.1, 0.15) is 24.5 Å². The summed E-state index contributed by atoms with van der Waals surface area (Å²) in [7, 11) is 1.61. The molecular formula is C14H18N2O2. The Bertz CT molecular complexity index is 463. The highest BCUT2D eigenvalue weighted by Gasteiger charge is 2.11. The van der Waals surface area contributed by atoms with E-state index in [-0.39, 0.29) is 11.8 Å². The van der Waals surface area contributed by atoms with E-state index in [0.29, 0.717) is 24.3 Å². The minimum absolute atomic E-state index is 0.0957. The summed E-state index contributed by atoms with van der Waals surface area (Å²) in [5.41, 5.74) is 1.96. The first kappa shape index (κ1) is 14.2. The van der Waals surface area contributed by atoms with Crippen LogP contribution in [0.4, 0.5) is 5.69 Å². The van der Waals surface area contributed by atoms with Gasteiger partial charge >= 0.3 is 0 Å². The number of benzene rings is 1. The predicted octanol–water partition coefficient (Wildman–Crippen LogP) is 2.48. The van der Waals surface area contributed by atoms with Gasteiger partial charge in [0.2, 0.25) is 5.91 Å². The molecule has 0 bridgehead atoms. The number of nitrogens with zero attached hydrogens (tertiary/aromatic N) is 1. The first-order chi connectivity index (χ1) is 8.58. The predicted molar refractivity (Wildman–Crippen MR) is 70.2 cm³/mol. The molecule has 4 heteroatoms. The SMILES string of the molecule is COCC(C)CC(=O)Nc1cccc(C)c1C#N. The van der Waals surface area contributed by atoms with Crippen molar-refractivity contribution < 1.29 is 9.53 Å². The number of anilines is 1. The summed E-state index contributed by atoms with van der Waals surface area (Å²) in [5.74, 6) is 0.0620. The van der Waals surface area contributed by atoms with Gasteiger partial charge in [-0.1, -0.05) is 19.1 Å². The lowest BCUT2D eigenvalue weighted by atomic mass is 10.1. The molecule has 1 rings (SSSR count). The summed E-state index contributed by atoms with van der Waals surface area (Å²) in [6.45, 7) is 4.35. The van der Waals surface area contributed by atoms with Gasteiger partial charge in [-0.2, -0.15) is 5.26 Å². The van der Waals surface area contributed by atoms with Gasteiger partial charge in [-0.05, 0) is 24.5 Å². The second-order valence-electron chi connectivity index (χ2n) is 4.42. The molecule has 4 nitrogen and oxygen atoms in total. The zero-order chi connectivity index (χ0) is 13.5. The highest BCUT2D eigenvalue weighted by atomic mass is 16.5. The molecule has 0 aliphatic carbocycles. The topological polar surface area (TPSA) is 62.1 Å². The monoisotopic (exact) mass is 246 g/mol. The second kappa shape index (κ2) is 6.77. The number of aryl methyl sites for hydroxylation is 1. The largest absolute Gasteiger partial charge is 0.384 e. The van der Waals surface area contributed by atoms with Gasteiger partial charge in [0.15, 0.2) is 0 Å². The van der Waals surface area contributed by atoms with Crippen molar-refractivity contribution in [2.45, 2.75) is 20.3 Å². The Labute approximate surface area is 108 Å². The normalized spacial score (nSPS) is 11.7. The van der Waals surface area contributed by atoms with Gasteiger partial charge in [-0.15, -0.1) is 0 Å². The van der Waals surface area contributed by atoms with E-state index in [2.05, 4.69) is 11.4 Å². The maximum absolute atomic E-state index is 11.8. The van der Waals surface area contributed by atoms with Crippen LogP contribution in [0.15, 0.2) is 18.2 Å². The number of ether oxygens (including phenoxy) is 1. The molecule has 18 heavy (non-hydrogen) atoms. The van der Waals surface area contributed by atoms with E-state index in [1.807, 2.05) is 26.0 Å². The maximum atomic E-state index is 11.8. The minimum Gasteiger partial charge on any atom is -0.384 e. The molecule has 1 aromatic rings. The van der Waals surface area contributed by atoms with Gasteiger partial charge in [0, 0.05) is 20.1 Å². The molecule has 96 valence electrons. The third-order valence-electron chi connectivity index (χ3n) is 2.64. The Balaban J connectivity index is 2.71. The first-order valence-corrected chi connectivity index (χ1v) is 5.87. The second-order valence-corrected chi connectivity index (χ2v) is 4.42. The lowest BCUT2D eigenvalue weighted by Crippen LogP contribution is -2.18. The van der Waals surface area contributed by atoms with Crippen molar-refractivity contribution in [3.63, 3.8) is 0 Å². The van der Waals surface area contributed by atoms with Crippen molar-refractivity contribution in [3.05, 3.63) is 29.3 Å². The fraction of sp³-hybridized carbons (Fsp3) is 0.429. The fourth-order valence-electron chi connectivity index (χ4n) is 1.78. The zero-order valence-corrected chi connectivity index (χ0v) is 11.0. The van der Waals surface area contributed by atoms with E-state index in [0.717, 1.165) is 5.56 Å². The molecule has 1 atom stereocenters. The molecule has 1 N–H and O–H groups in total. The molecule has 0 radical (unpaired) electrons. The highest BCUT2D eigenvalue weighted by Crippen LogP contribution is 2.19. The highest BCUT2D eigenvalue weighted by molar-refractivity contribution is 5.92. The Morgan fingerprint density at radius 3 is 2.89 bits per heavy atom. The van der Waals surface area contributed by atoms with E-state index < -0.39 is 0 Å². The van der Waals surface area contributed by atoms with Crippen molar-refractivity contribution in [3.8, 4) is 6.07 Å². The summed E-state index contributed by atoms with van der Waals surface area (Å²) in [4.78, 5) is 11.8. The molecule has 0 aliphatic rings. The number of carbonyl (C=O) groups is 1. The van der Waals surface area contributed by atoms with Gasteiger partial charge in [-0.25, -0.2) is 0 Å². The van der Waals surface area contributed by atoms with Crippen LogP contribution >= 0.6 is 0 Å². The number of methoxy groups -OCH3 is 1. The van der Waals surface area contributed by atoms with Crippen LogP contribution in [0.5, 0.6) is 0 Å². The van der Waals surface area contributed by atoms with Crippen LogP contribution in [0.2, 0.25) is 0 Å². The third kappa shape index (κ3) is 3.86. The van der Waals surface area contributed by atoms with Crippen LogP contribution in [-0.4, -0.2) is 19.6 Å². The quantitative estimate of drug-likeness (QED) is 0.868. The molecule has 0 aliphatic heterocycles. The summed E-state index contributed by atoms with van der Waals surface area (Å²) < 4.78 is 4.99. The molecule has 0 fully saturated rings. The average molecular weight is 246 g/mol. The number of hydrogen-bond donors (Lipinski definition) is 1. The lowest BCUT2D eigenvalue weighted by Gasteiger charge is -2.12. The average Bonchev–Trinajstić information content (AvgIpc) is 2.29. The van der Waals surface area contributed by atoms with Gasteiger partial charge in [0.25, 0.3) is 0 Å². The molecule has 0 saturated heterocycles. The molecule has 0 spiro atoms. The summed E-state index contributed by atoms with van der Waals surface area (Å²) in [6, 6.07) is 7.52. The Hall–Kier alpha value is -1.86. The van der Waals surface area contributed by atoms with Crippen LogP contribution in [-0.2, 0) is 9.53 Å². The van der Waals surface area contributed by atoms with Crippen molar-refractivity contribution in [2.24, 2.45) is 5.92 Å². The number of amides is 1. The van der Waals surface area contributed by atoms with E-state index in [9.17, 15) is 4.79 Å². The Kier molecular flexibility index (Phi) is 5.34. The van der Waals surface area contributed by atoms with Gasteiger partial charge < -0.3 is 10.1 Å². The van der Waals surface area contributed by atoms with Crippen LogP contribution in [0, 0.1) is 24.2 Å². The molecule has 1 aromatic carbocycles. The van der Waals surface area contributed by atoms with E-state index in [1.165, 1.54) is 0 Å². The number of carbonyl (C=O) groups excluding carboxylic acids is 1. The van der Waals surface area contributed by atoms with Gasteiger partial charge in [0.05, 0.1) is 11.3 Å². The first-order valence-electron chi connectivity index (χ1n) is 5.87. The van der Waals surface area contributed by atoms with Crippen LogP contribution < -0.4 is 5.32 Å². The zero-order valence-electron chi connectivity index (χ0n) is 11.0. The third-order valence-corrected chi connectivity index (χ3v) is 2.64. The van der Waals surface area contributed by atoms with Crippen molar-refractivity contribution in [1.29, 1.82) is 5.26 Å². The molecule has 0 heterocycles. The van der Waals surface area contributed by atoms with Crippen molar-refractivity contribution in [2.75, 3.05) is 19.0 Å². The Morgan fingerprint density at radius 1 is 1.56 bits per heavy atom. The summed E-state index contributed by atoms with van der Waals surface area (Å²) in [5, 5.41) is 11.8. The number of nitrogens with one attached hydrogen (secondary N) is 1. The van der Waals surface area contributed by atoms with Gasteiger partial charge in [0.1, 0.15) is 6.07 Å². The maximum Gasteiger partial charge on any atom is 0.224 e. The van der Waals surface area contributed by atoms with Crippen LogP contribution in [0.25, 0.3) is 0 Å². The summed E-state index contributed by atoms with van der Waals surface area (Å²) in [6.07, 6.45) is 0.382. The lowest BCUT2D eigenvalue weighted by molar-refractivity contribution is -0.117. The number of rotatable bonds is 5. The molecule has 0 aromatic heterocycles. The minimum atomic E-state index is -0.0957. The van der Waals surface area contributed by atoms with E-state index >= 15 is 0 Å². The van der Waals surface area contributed by atoms with E-state index in [1.54, 1.807) is 13.2 Å². The summed E-state index contributed by atoms with van der Waals surface area (Å²) >= 11 is 0. The van der Waals surface area contributed by atoms with Crippen LogP contribution in [0.3, 0.4) is 0 Å². The number of hydrogen-bond acceptors (Lipinski definition) is 3. The standard InChI is InChI=1S/C14H18N2O2/c1-10(9-18-3)7-14(17)16-13-6-4-5-11(2)12(13)8-15/h4-6,10H,7,9H2,1-3H3,(H,16,17). The van der Waals surface area contributed by atoms with Crippen molar-refractivity contribution in [1.82, 2.24) is 0 Å². The fourth-order valence-corrected chi connectivity index (χ4v) is 1.78. The molecule has 0 saturated carbocycles. The Morgan fingerprint density at radius 2 is 2.28 bits per heavy atom. The number of nitriles is 1. The molecule has 1 amide bonds. The molecular weight excluding hydrogens is 228 g/mol. The van der Waals surface area contributed by atoms with Gasteiger partial charge in [-0.3, -0.25) is 4.79 Å². The van der Waals surface area contributed by atoms with E-state index in [4.69, 9.17) is 10.00 Å². The van der Waals surface area contributed by atoms with Crippen molar-refractivity contribution >= 4 is 11.6 Å². The molecule has 1 unspecified atom stereocenters. The smallest absolute Gasteiger partial charge is 0.224 e.